The number of hydrogen-bond acceptors (Lipinski definition) is 6. The summed E-state index contributed by atoms with van der Waals surface area (Å²) in [4.78, 5) is 23.5. The lowest BCUT2D eigenvalue weighted by Crippen LogP contribution is -2.35. The number of hydrogen-bond donors (Lipinski definition) is 1. The normalized spacial score (nSPS) is 12.4. The molecule has 1 aromatic carbocycles. The fourth-order valence-electron chi connectivity index (χ4n) is 2.02. The Bertz CT molecular complexity index is 846. The number of rotatable bonds is 8. The second-order valence-corrected chi connectivity index (χ2v) is 7.56. The molecule has 1 amide bonds. The SMILES string of the molecule is C[C@H](OC(=O)CCS(=O)(=O)c1ccc(F)cc1)C(=O)NCc1ccco1. The van der Waals surface area contributed by atoms with E-state index in [9.17, 15) is 22.4 Å². The van der Waals surface area contributed by atoms with Crippen molar-refractivity contribution in [3.8, 4) is 0 Å². The summed E-state index contributed by atoms with van der Waals surface area (Å²) in [6.45, 7) is 1.52. The summed E-state index contributed by atoms with van der Waals surface area (Å²) < 4.78 is 47.0. The minimum atomic E-state index is -3.75. The Morgan fingerprint density at radius 2 is 1.92 bits per heavy atom. The van der Waals surface area contributed by atoms with Crippen molar-refractivity contribution in [2.75, 3.05) is 5.75 Å². The van der Waals surface area contributed by atoms with Crippen LogP contribution in [0.3, 0.4) is 0 Å². The number of carbonyl (C=O) groups is 2. The van der Waals surface area contributed by atoms with Crippen molar-refractivity contribution < 1.29 is 31.6 Å². The third-order valence-corrected chi connectivity index (χ3v) is 5.17. The Kier molecular flexibility index (Phi) is 6.51. The molecule has 0 saturated carbocycles. The molecule has 7 nitrogen and oxygen atoms in total. The lowest BCUT2D eigenvalue weighted by atomic mass is 10.3. The highest BCUT2D eigenvalue weighted by molar-refractivity contribution is 7.91. The van der Waals surface area contributed by atoms with E-state index in [0.717, 1.165) is 24.3 Å². The molecule has 0 radical (unpaired) electrons. The highest BCUT2D eigenvalue weighted by Gasteiger charge is 2.21. The first-order chi connectivity index (χ1) is 12.3. The molecule has 1 N–H and O–H groups in total. The topological polar surface area (TPSA) is 103 Å². The zero-order valence-corrected chi connectivity index (χ0v) is 14.8. The monoisotopic (exact) mass is 383 g/mol. The van der Waals surface area contributed by atoms with Crippen molar-refractivity contribution in [1.82, 2.24) is 5.32 Å². The zero-order valence-electron chi connectivity index (χ0n) is 14.0. The van der Waals surface area contributed by atoms with Gasteiger partial charge in [0.2, 0.25) is 0 Å². The van der Waals surface area contributed by atoms with Crippen LogP contribution in [0.2, 0.25) is 0 Å². The van der Waals surface area contributed by atoms with Gasteiger partial charge in [-0.25, -0.2) is 12.8 Å². The van der Waals surface area contributed by atoms with E-state index < -0.39 is 45.8 Å². The molecule has 0 spiro atoms. The van der Waals surface area contributed by atoms with Gasteiger partial charge in [0, 0.05) is 0 Å². The molecule has 1 atom stereocenters. The molecule has 0 aliphatic rings. The van der Waals surface area contributed by atoms with Gasteiger partial charge in [-0.05, 0) is 43.3 Å². The van der Waals surface area contributed by atoms with Gasteiger partial charge in [0.05, 0.1) is 29.9 Å². The van der Waals surface area contributed by atoms with Crippen LogP contribution < -0.4 is 5.32 Å². The van der Waals surface area contributed by atoms with Crippen LogP contribution in [0.4, 0.5) is 4.39 Å². The molecule has 0 fully saturated rings. The van der Waals surface area contributed by atoms with E-state index in [1.54, 1.807) is 12.1 Å². The first-order valence-corrected chi connectivity index (χ1v) is 9.41. The predicted octanol–water partition coefficient (Wildman–Crippen LogP) is 1.83. The number of carbonyl (C=O) groups excluding carboxylic acids is 2. The van der Waals surface area contributed by atoms with Gasteiger partial charge in [-0.2, -0.15) is 0 Å². The molecule has 26 heavy (non-hydrogen) atoms. The smallest absolute Gasteiger partial charge is 0.307 e. The largest absolute Gasteiger partial charge is 0.467 e. The van der Waals surface area contributed by atoms with Crippen molar-refractivity contribution in [2.45, 2.75) is 30.9 Å². The average Bonchev–Trinajstić information content (AvgIpc) is 3.12. The zero-order chi connectivity index (χ0) is 19.2. The number of amides is 1. The number of sulfone groups is 1. The van der Waals surface area contributed by atoms with Crippen molar-refractivity contribution in [2.24, 2.45) is 0 Å². The Morgan fingerprint density at radius 3 is 2.54 bits per heavy atom. The van der Waals surface area contributed by atoms with E-state index in [-0.39, 0.29) is 11.4 Å². The number of halogens is 1. The summed E-state index contributed by atoms with van der Waals surface area (Å²) in [6.07, 6.45) is -0.0341. The molecular weight excluding hydrogens is 365 g/mol. The molecule has 0 aliphatic heterocycles. The van der Waals surface area contributed by atoms with Crippen LogP contribution in [0, 0.1) is 5.82 Å². The van der Waals surface area contributed by atoms with Gasteiger partial charge >= 0.3 is 5.97 Å². The summed E-state index contributed by atoms with van der Waals surface area (Å²) in [5.74, 6) is -1.87. The van der Waals surface area contributed by atoms with Crippen LogP contribution in [0.25, 0.3) is 0 Å². The second kappa shape index (κ2) is 8.61. The van der Waals surface area contributed by atoms with Crippen LogP contribution in [-0.2, 0) is 30.7 Å². The van der Waals surface area contributed by atoms with Gasteiger partial charge in [0.1, 0.15) is 11.6 Å². The number of nitrogens with one attached hydrogen (secondary N) is 1. The van der Waals surface area contributed by atoms with Gasteiger partial charge in [-0.3, -0.25) is 9.59 Å². The van der Waals surface area contributed by atoms with Gasteiger partial charge in [-0.1, -0.05) is 0 Å². The first-order valence-electron chi connectivity index (χ1n) is 7.76. The fraction of sp³-hybridized carbons (Fsp3) is 0.294. The molecule has 0 aliphatic carbocycles. The van der Waals surface area contributed by atoms with E-state index in [4.69, 9.17) is 9.15 Å². The van der Waals surface area contributed by atoms with E-state index in [2.05, 4.69) is 5.32 Å². The van der Waals surface area contributed by atoms with E-state index in [1.807, 2.05) is 0 Å². The molecule has 1 heterocycles. The quantitative estimate of drug-likeness (QED) is 0.551. The van der Waals surface area contributed by atoms with Crippen LogP contribution in [0.1, 0.15) is 19.1 Å². The average molecular weight is 383 g/mol. The number of esters is 1. The van der Waals surface area contributed by atoms with Gasteiger partial charge < -0.3 is 14.5 Å². The van der Waals surface area contributed by atoms with Crippen LogP contribution >= 0.6 is 0 Å². The highest BCUT2D eigenvalue weighted by atomic mass is 32.2. The third-order valence-electron chi connectivity index (χ3n) is 3.44. The molecule has 9 heteroatoms. The summed E-state index contributed by atoms with van der Waals surface area (Å²) in [7, 11) is -3.75. The Labute approximate surface area is 150 Å². The van der Waals surface area contributed by atoms with Crippen molar-refractivity contribution in [1.29, 1.82) is 0 Å². The molecular formula is C17H18FNO6S. The highest BCUT2D eigenvalue weighted by Crippen LogP contribution is 2.13. The van der Waals surface area contributed by atoms with Gasteiger partial charge in [-0.15, -0.1) is 0 Å². The lowest BCUT2D eigenvalue weighted by Gasteiger charge is -2.13. The molecule has 0 bridgehead atoms. The predicted molar refractivity (Wildman–Crippen MR) is 89.2 cm³/mol. The maximum atomic E-state index is 12.8. The van der Waals surface area contributed by atoms with Crippen LogP contribution in [0.15, 0.2) is 52.0 Å². The Morgan fingerprint density at radius 1 is 1.23 bits per heavy atom. The van der Waals surface area contributed by atoms with E-state index in [1.165, 1.54) is 13.2 Å². The lowest BCUT2D eigenvalue weighted by molar-refractivity contribution is -0.154. The maximum Gasteiger partial charge on any atom is 0.307 e. The molecule has 2 aromatic rings. The minimum absolute atomic E-state index is 0.0871. The first kappa shape index (κ1) is 19.6. The van der Waals surface area contributed by atoms with Crippen molar-refractivity contribution in [3.63, 3.8) is 0 Å². The van der Waals surface area contributed by atoms with E-state index in [0.29, 0.717) is 5.76 Å². The molecule has 0 unspecified atom stereocenters. The van der Waals surface area contributed by atoms with Crippen LogP contribution in [0.5, 0.6) is 0 Å². The Hall–Kier alpha value is -2.68. The molecule has 2 rings (SSSR count). The molecule has 140 valence electrons. The van der Waals surface area contributed by atoms with E-state index >= 15 is 0 Å². The Balaban J connectivity index is 1.80. The maximum absolute atomic E-state index is 12.8. The number of benzene rings is 1. The molecule has 0 saturated heterocycles. The van der Waals surface area contributed by atoms with Gasteiger partial charge in [0.15, 0.2) is 15.9 Å². The standard InChI is InChI=1S/C17H18FNO6S/c1-12(17(21)19-11-14-3-2-9-24-14)25-16(20)8-10-26(22,23)15-6-4-13(18)5-7-15/h2-7,9,12H,8,10-11H2,1H3,(H,19,21)/t12-/m0/s1. The fourth-order valence-corrected chi connectivity index (χ4v) is 3.24. The molecule has 1 aromatic heterocycles. The van der Waals surface area contributed by atoms with Crippen LogP contribution in [-0.4, -0.2) is 32.2 Å². The summed E-state index contributed by atoms with van der Waals surface area (Å²) in [6, 6.07) is 7.65. The van der Waals surface area contributed by atoms with Gasteiger partial charge in [0.25, 0.3) is 5.91 Å². The second-order valence-electron chi connectivity index (χ2n) is 5.45. The number of ether oxygens (including phenoxy) is 1. The summed E-state index contributed by atoms with van der Waals surface area (Å²) >= 11 is 0. The number of furan rings is 1. The van der Waals surface area contributed by atoms with Crippen molar-refractivity contribution >= 4 is 21.7 Å². The minimum Gasteiger partial charge on any atom is -0.467 e. The summed E-state index contributed by atoms with van der Waals surface area (Å²) in [5.41, 5.74) is 0. The van der Waals surface area contributed by atoms with Crippen molar-refractivity contribution in [3.05, 3.63) is 54.2 Å². The summed E-state index contributed by atoms with van der Waals surface area (Å²) in [5, 5.41) is 2.53. The third kappa shape index (κ3) is 5.69.